The Morgan fingerprint density at radius 3 is 2.36 bits per heavy atom. The molecule has 1 saturated heterocycles. The lowest BCUT2D eigenvalue weighted by molar-refractivity contribution is -0.121. The maximum atomic E-state index is 13.0. The van der Waals surface area contributed by atoms with Crippen LogP contribution in [-0.2, 0) is 17.9 Å². The topological polar surface area (TPSA) is 76.3 Å². The maximum absolute atomic E-state index is 13.0. The van der Waals surface area contributed by atoms with Gasteiger partial charge in [-0.1, -0.05) is 42.3 Å². The SMILES string of the molecule is C[C@H]1CCCCN1CCNC(=O)Cn1c(=O)c(=O)n(Cc2ccc(Cl)cc2)c2ccccc21. The van der Waals surface area contributed by atoms with Gasteiger partial charge in [-0.05, 0) is 56.1 Å². The highest BCUT2D eigenvalue weighted by Gasteiger charge is 2.19. The van der Waals surface area contributed by atoms with E-state index in [9.17, 15) is 14.4 Å². The molecule has 7 nitrogen and oxygen atoms in total. The number of rotatable bonds is 7. The van der Waals surface area contributed by atoms with Crippen molar-refractivity contribution in [2.75, 3.05) is 19.6 Å². The Morgan fingerprint density at radius 2 is 1.67 bits per heavy atom. The molecule has 1 aliphatic heterocycles. The number of benzene rings is 2. The van der Waals surface area contributed by atoms with Gasteiger partial charge in [-0.2, -0.15) is 0 Å². The second-order valence-corrected chi connectivity index (χ2v) is 9.06. The Bertz CT molecular complexity index is 1250. The standard InChI is InChI=1S/C25H29ClN4O3/c1-18-6-4-5-14-28(18)15-13-27-23(31)17-30-22-8-3-2-7-21(22)29(24(32)25(30)33)16-19-9-11-20(26)12-10-19/h2-3,7-12,18H,4-6,13-17H2,1H3,(H,27,31)/t18-/m0/s1. The summed E-state index contributed by atoms with van der Waals surface area (Å²) in [7, 11) is 0. The van der Waals surface area contributed by atoms with Gasteiger partial charge < -0.3 is 5.32 Å². The van der Waals surface area contributed by atoms with Gasteiger partial charge in [0.05, 0.1) is 17.6 Å². The van der Waals surface area contributed by atoms with E-state index in [1.54, 1.807) is 30.3 Å². The minimum atomic E-state index is -0.706. The van der Waals surface area contributed by atoms with Gasteiger partial charge in [0.1, 0.15) is 6.54 Å². The van der Waals surface area contributed by atoms with Gasteiger partial charge in [0.2, 0.25) is 5.91 Å². The fraction of sp³-hybridized carbons (Fsp3) is 0.400. The number of carbonyl (C=O) groups is 1. The van der Waals surface area contributed by atoms with E-state index >= 15 is 0 Å². The largest absolute Gasteiger partial charge is 0.353 e. The first-order valence-corrected chi connectivity index (χ1v) is 11.8. The predicted octanol–water partition coefficient (Wildman–Crippen LogP) is 2.86. The number of amides is 1. The summed E-state index contributed by atoms with van der Waals surface area (Å²) < 4.78 is 2.72. The van der Waals surface area contributed by atoms with Crippen LogP contribution in [0.3, 0.4) is 0 Å². The van der Waals surface area contributed by atoms with E-state index in [0.717, 1.165) is 18.7 Å². The number of carbonyl (C=O) groups excluding carboxylic acids is 1. The van der Waals surface area contributed by atoms with Crippen LogP contribution in [0, 0.1) is 0 Å². The number of hydrogen-bond acceptors (Lipinski definition) is 4. The highest BCUT2D eigenvalue weighted by molar-refractivity contribution is 6.30. The van der Waals surface area contributed by atoms with Crippen molar-refractivity contribution in [2.24, 2.45) is 0 Å². The average Bonchev–Trinajstić information content (AvgIpc) is 2.82. The van der Waals surface area contributed by atoms with Gasteiger partial charge in [-0.25, -0.2) is 0 Å². The Hall–Kier alpha value is -2.90. The maximum Gasteiger partial charge on any atom is 0.317 e. The summed E-state index contributed by atoms with van der Waals surface area (Å²) >= 11 is 5.96. The lowest BCUT2D eigenvalue weighted by Gasteiger charge is -2.33. The molecule has 4 rings (SSSR count). The smallest absolute Gasteiger partial charge is 0.317 e. The zero-order valence-corrected chi connectivity index (χ0v) is 19.6. The van der Waals surface area contributed by atoms with E-state index in [-0.39, 0.29) is 19.0 Å². The Morgan fingerprint density at radius 1 is 1.00 bits per heavy atom. The number of halogens is 1. The molecule has 1 fully saturated rings. The highest BCUT2D eigenvalue weighted by Crippen LogP contribution is 2.16. The minimum absolute atomic E-state index is 0.189. The van der Waals surface area contributed by atoms with Crippen LogP contribution in [-0.4, -0.2) is 45.6 Å². The summed E-state index contributed by atoms with van der Waals surface area (Å²) in [5.74, 6) is -0.276. The van der Waals surface area contributed by atoms with Gasteiger partial charge in [-0.3, -0.25) is 28.4 Å². The molecule has 0 aliphatic carbocycles. The third kappa shape index (κ3) is 5.37. The van der Waals surface area contributed by atoms with Crippen LogP contribution in [0.1, 0.15) is 31.7 Å². The third-order valence-electron chi connectivity index (χ3n) is 6.35. The fourth-order valence-electron chi connectivity index (χ4n) is 4.48. The molecule has 0 radical (unpaired) electrons. The van der Waals surface area contributed by atoms with Crippen molar-refractivity contribution in [3.05, 3.63) is 79.8 Å². The van der Waals surface area contributed by atoms with Crippen molar-refractivity contribution in [3.63, 3.8) is 0 Å². The molecule has 0 spiro atoms. The molecule has 0 unspecified atom stereocenters. The van der Waals surface area contributed by atoms with Crippen molar-refractivity contribution in [2.45, 2.75) is 45.3 Å². The number of aromatic nitrogens is 2. The van der Waals surface area contributed by atoms with Crippen LogP contribution in [0.25, 0.3) is 11.0 Å². The summed E-state index contributed by atoms with van der Waals surface area (Å²) in [4.78, 5) is 41.0. The molecular weight excluding hydrogens is 440 g/mol. The quantitative estimate of drug-likeness (QED) is 0.541. The molecule has 174 valence electrons. The molecule has 8 heteroatoms. The molecule has 2 aromatic carbocycles. The number of para-hydroxylation sites is 2. The molecule has 0 bridgehead atoms. The minimum Gasteiger partial charge on any atom is -0.353 e. The van der Waals surface area contributed by atoms with Crippen LogP contribution >= 0.6 is 11.6 Å². The normalized spacial score (nSPS) is 16.7. The summed E-state index contributed by atoms with van der Waals surface area (Å²) in [6.07, 6.45) is 3.62. The second kappa shape index (κ2) is 10.4. The Kier molecular flexibility index (Phi) is 7.30. The molecule has 3 aromatic rings. The van der Waals surface area contributed by atoms with Gasteiger partial charge >= 0.3 is 11.1 Å². The first kappa shape index (κ1) is 23.3. The molecule has 1 aliphatic rings. The van der Waals surface area contributed by atoms with Crippen LogP contribution in [0.4, 0.5) is 0 Å². The van der Waals surface area contributed by atoms with Crippen LogP contribution in [0.2, 0.25) is 5.02 Å². The molecule has 1 atom stereocenters. The summed E-state index contributed by atoms with van der Waals surface area (Å²) in [5.41, 5.74) is 0.650. The Balaban J connectivity index is 1.54. The number of nitrogens with one attached hydrogen (secondary N) is 1. The fourth-order valence-corrected chi connectivity index (χ4v) is 4.61. The average molecular weight is 469 g/mol. The summed E-state index contributed by atoms with van der Waals surface area (Å²) in [6, 6.07) is 14.8. The monoisotopic (exact) mass is 468 g/mol. The lowest BCUT2D eigenvalue weighted by atomic mass is 10.0. The summed E-state index contributed by atoms with van der Waals surface area (Å²) in [5, 5.41) is 3.51. The first-order valence-electron chi connectivity index (χ1n) is 11.4. The lowest BCUT2D eigenvalue weighted by Crippen LogP contribution is -2.45. The van der Waals surface area contributed by atoms with Crippen molar-refractivity contribution < 1.29 is 4.79 Å². The van der Waals surface area contributed by atoms with E-state index in [0.29, 0.717) is 28.6 Å². The van der Waals surface area contributed by atoms with Gasteiger partial charge in [0, 0.05) is 24.2 Å². The van der Waals surface area contributed by atoms with E-state index in [1.807, 2.05) is 18.2 Å². The molecule has 1 amide bonds. The number of likely N-dealkylation sites (tertiary alicyclic amines) is 1. The van der Waals surface area contributed by atoms with Gasteiger partial charge in [-0.15, -0.1) is 0 Å². The number of piperidine rings is 1. The summed E-state index contributed by atoms with van der Waals surface area (Å²) in [6.45, 7) is 4.62. The van der Waals surface area contributed by atoms with Crippen molar-refractivity contribution in [1.29, 1.82) is 0 Å². The molecule has 0 saturated carbocycles. The van der Waals surface area contributed by atoms with Gasteiger partial charge in [0.25, 0.3) is 0 Å². The van der Waals surface area contributed by atoms with Crippen LogP contribution in [0.15, 0.2) is 58.1 Å². The number of fused-ring (bicyclic) bond motifs is 1. The zero-order chi connectivity index (χ0) is 23.4. The van der Waals surface area contributed by atoms with Gasteiger partial charge in [0.15, 0.2) is 0 Å². The molecular formula is C25H29ClN4O3. The van der Waals surface area contributed by atoms with Crippen LogP contribution in [0.5, 0.6) is 0 Å². The van der Waals surface area contributed by atoms with E-state index in [1.165, 1.54) is 28.4 Å². The molecule has 1 aromatic heterocycles. The molecule has 33 heavy (non-hydrogen) atoms. The third-order valence-corrected chi connectivity index (χ3v) is 6.61. The highest BCUT2D eigenvalue weighted by atomic mass is 35.5. The van der Waals surface area contributed by atoms with Crippen molar-refractivity contribution >= 4 is 28.5 Å². The van der Waals surface area contributed by atoms with Crippen LogP contribution < -0.4 is 16.4 Å². The van der Waals surface area contributed by atoms with E-state index < -0.39 is 11.1 Å². The van der Waals surface area contributed by atoms with Crippen molar-refractivity contribution in [3.8, 4) is 0 Å². The van der Waals surface area contributed by atoms with E-state index in [4.69, 9.17) is 11.6 Å². The first-order chi connectivity index (χ1) is 15.9. The molecule has 2 heterocycles. The second-order valence-electron chi connectivity index (χ2n) is 8.63. The number of hydrogen-bond donors (Lipinski definition) is 1. The zero-order valence-electron chi connectivity index (χ0n) is 18.8. The number of nitrogens with zero attached hydrogens (tertiary/aromatic N) is 3. The Labute approximate surface area is 197 Å². The predicted molar refractivity (Wildman–Crippen MR) is 131 cm³/mol. The molecule has 1 N–H and O–H groups in total. The van der Waals surface area contributed by atoms with E-state index in [2.05, 4.69) is 17.1 Å². The van der Waals surface area contributed by atoms with Crippen molar-refractivity contribution in [1.82, 2.24) is 19.4 Å².